The highest BCUT2D eigenvalue weighted by molar-refractivity contribution is 6.04. The number of alkyl halides is 3. The van der Waals surface area contributed by atoms with E-state index in [-0.39, 0.29) is 5.56 Å². The number of aromatic nitrogens is 2. The van der Waals surface area contributed by atoms with Gasteiger partial charge in [0.2, 0.25) is 0 Å². The summed E-state index contributed by atoms with van der Waals surface area (Å²) in [6.07, 6.45) is -3.03. The van der Waals surface area contributed by atoms with Gasteiger partial charge in [-0.05, 0) is 48.9 Å². The van der Waals surface area contributed by atoms with Crippen LogP contribution >= 0.6 is 0 Å². The molecule has 0 unspecified atom stereocenters. The highest BCUT2D eigenvalue weighted by Gasteiger charge is 2.31. The quantitative estimate of drug-likeness (QED) is 0.521. The summed E-state index contributed by atoms with van der Waals surface area (Å²) >= 11 is 0. The SMILES string of the molecule is Cc1ncc(NC(=O)c2cccc(C(F)(F)F)c2)cc1-c1cc(N2CCNCC2)nc(N2CCOCC2)c1. The Hall–Kier alpha value is -3.70. The average molecular weight is 527 g/mol. The molecule has 3 aromatic rings. The number of anilines is 3. The lowest BCUT2D eigenvalue weighted by atomic mass is 10.0. The number of pyridine rings is 2. The van der Waals surface area contributed by atoms with E-state index >= 15 is 0 Å². The van der Waals surface area contributed by atoms with E-state index in [0.29, 0.717) is 18.9 Å². The molecular weight excluding hydrogens is 497 g/mol. The lowest BCUT2D eigenvalue weighted by Gasteiger charge is -2.32. The third-order valence-electron chi connectivity index (χ3n) is 6.68. The third kappa shape index (κ3) is 5.89. The van der Waals surface area contributed by atoms with Crippen LogP contribution in [0.2, 0.25) is 0 Å². The zero-order chi connectivity index (χ0) is 26.7. The predicted molar refractivity (Wildman–Crippen MR) is 140 cm³/mol. The summed E-state index contributed by atoms with van der Waals surface area (Å²) in [6.45, 7) is 8.04. The molecule has 2 saturated heterocycles. The summed E-state index contributed by atoms with van der Waals surface area (Å²) in [5, 5.41) is 6.06. The van der Waals surface area contributed by atoms with Crippen LogP contribution in [-0.4, -0.2) is 68.4 Å². The number of ether oxygens (including phenoxy) is 1. The Bertz CT molecular complexity index is 1270. The summed E-state index contributed by atoms with van der Waals surface area (Å²) in [6, 6.07) is 10.2. The maximum absolute atomic E-state index is 13.1. The molecule has 200 valence electrons. The number of benzene rings is 1. The molecular formula is C27H29F3N6O2. The highest BCUT2D eigenvalue weighted by Crippen LogP contribution is 2.32. The molecule has 2 aliphatic rings. The number of amides is 1. The molecule has 2 fully saturated rings. The van der Waals surface area contributed by atoms with Crippen molar-refractivity contribution in [3.63, 3.8) is 0 Å². The van der Waals surface area contributed by atoms with Crippen LogP contribution in [-0.2, 0) is 10.9 Å². The Kier molecular flexibility index (Phi) is 7.48. The minimum absolute atomic E-state index is 0.0820. The molecule has 1 amide bonds. The molecule has 1 aromatic carbocycles. The molecule has 0 aliphatic carbocycles. The molecule has 4 heterocycles. The highest BCUT2D eigenvalue weighted by atomic mass is 19.4. The molecule has 8 nitrogen and oxygen atoms in total. The van der Waals surface area contributed by atoms with Gasteiger partial charge in [-0.15, -0.1) is 0 Å². The Morgan fingerprint density at radius 1 is 1.00 bits per heavy atom. The molecule has 0 radical (unpaired) electrons. The lowest BCUT2D eigenvalue weighted by Crippen LogP contribution is -2.44. The van der Waals surface area contributed by atoms with Crippen molar-refractivity contribution < 1.29 is 22.7 Å². The second kappa shape index (κ2) is 11.0. The van der Waals surface area contributed by atoms with Gasteiger partial charge in [-0.3, -0.25) is 9.78 Å². The Labute approximate surface area is 218 Å². The second-order valence-corrected chi connectivity index (χ2v) is 9.30. The number of aryl methyl sites for hydroxylation is 1. The predicted octanol–water partition coefficient (Wildman–Crippen LogP) is 3.97. The van der Waals surface area contributed by atoms with Gasteiger partial charge >= 0.3 is 6.18 Å². The average Bonchev–Trinajstić information content (AvgIpc) is 2.94. The van der Waals surface area contributed by atoms with Crippen LogP contribution in [0.25, 0.3) is 11.1 Å². The van der Waals surface area contributed by atoms with E-state index in [4.69, 9.17) is 9.72 Å². The largest absolute Gasteiger partial charge is 0.416 e. The van der Waals surface area contributed by atoms with Gasteiger partial charge < -0.3 is 25.2 Å². The molecule has 0 spiro atoms. The van der Waals surface area contributed by atoms with Gasteiger partial charge in [0.1, 0.15) is 11.6 Å². The van der Waals surface area contributed by atoms with E-state index in [0.717, 1.165) is 79.9 Å². The number of nitrogens with zero attached hydrogens (tertiary/aromatic N) is 4. The fraction of sp³-hybridized carbons (Fsp3) is 0.370. The molecule has 5 rings (SSSR count). The van der Waals surface area contributed by atoms with Crippen molar-refractivity contribution in [3.05, 3.63) is 65.5 Å². The van der Waals surface area contributed by atoms with E-state index in [1.54, 1.807) is 6.07 Å². The van der Waals surface area contributed by atoms with Gasteiger partial charge in [0.05, 0.1) is 30.7 Å². The van der Waals surface area contributed by atoms with Crippen molar-refractivity contribution in [2.75, 3.05) is 67.6 Å². The van der Waals surface area contributed by atoms with Gasteiger partial charge in [0.15, 0.2) is 0 Å². The van der Waals surface area contributed by atoms with Crippen LogP contribution < -0.4 is 20.4 Å². The monoisotopic (exact) mass is 526 g/mol. The van der Waals surface area contributed by atoms with Crippen molar-refractivity contribution in [3.8, 4) is 11.1 Å². The smallest absolute Gasteiger partial charge is 0.378 e. The fourth-order valence-electron chi connectivity index (χ4n) is 4.60. The van der Waals surface area contributed by atoms with E-state index in [1.165, 1.54) is 18.3 Å². The summed E-state index contributed by atoms with van der Waals surface area (Å²) in [5.41, 5.74) is 1.89. The molecule has 2 aromatic heterocycles. The van der Waals surface area contributed by atoms with Crippen molar-refractivity contribution >= 4 is 23.2 Å². The maximum Gasteiger partial charge on any atom is 0.416 e. The van der Waals surface area contributed by atoms with Crippen LogP contribution in [0.3, 0.4) is 0 Å². The molecule has 2 N–H and O–H groups in total. The van der Waals surface area contributed by atoms with Crippen molar-refractivity contribution in [1.29, 1.82) is 0 Å². The number of morpholine rings is 1. The first-order chi connectivity index (χ1) is 18.3. The number of halogens is 3. The van der Waals surface area contributed by atoms with Crippen LogP contribution in [0.4, 0.5) is 30.5 Å². The Balaban J connectivity index is 1.47. The first kappa shape index (κ1) is 25.9. The molecule has 2 aliphatic heterocycles. The maximum atomic E-state index is 13.1. The van der Waals surface area contributed by atoms with Crippen molar-refractivity contribution in [1.82, 2.24) is 15.3 Å². The number of carbonyl (C=O) groups excluding carboxylic acids is 1. The van der Waals surface area contributed by atoms with Crippen molar-refractivity contribution in [2.45, 2.75) is 13.1 Å². The fourth-order valence-corrected chi connectivity index (χ4v) is 4.60. The van der Waals surface area contributed by atoms with E-state index in [2.05, 4.69) is 25.4 Å². The van der Waals surface area contributed by atoms with E-state index < -0.39 is 17.6 Å². The first-order valence-corrected chi connectivity index (χ1v) is 12.5. The number of hydrogen-bond acceptors (Lipinski definition) is 7. The molecule has 0 saturated carbocycles. The third-order valence-corrected chi connectivity index (χ3v) is 6.68. The van der Waals surface area contributed by atoms with Gasteiger partial charge in [-0.1, -0.05) is 6.07 Å². The number of nitrogens with one attached hydrogen (secondary N) is 2. The standard InChI is InChI=1S/C27H29F3N6O2/c1-18-23(16-22(17-32-18)33-26(37)19-3-2-4-21(13-19)27(28,29)30)20-14-24(35-7-5-31-6-8-35)34-25(15-20)36-9-11-38-12-10-36/h2-4,13-17,31H,5-12H2,1H3,(H,33,37). The summed E-state index contributed by atoms with van der Waals surface area (Å²) < 4.78 is 44.9. The van der Waals surface area contributed by atoms with Gasteiger partial charge in [-0.25, -0.2) is 4.98 Å². The summed E-state index contributed by atoms with van der Waals surface area (Å²) in [7, 11) is 0. The van der Waals surface area contributed by atoms with Crippen LogP contribution in [0.5, 0.6) is 0 Å². The van der Waals surface area contributed by atoms with Gasteiger partial charge in [-0.2, -0.15) is 13.2 Å². The molecule has 38 heavy (non-hydrogen) atoms. The number of piperazine rings is 1. The first-order valence-electron chi connectivity index (χ1n) is 12.5. The lowest BCUT2D eigenvalue weighted by molar-refractivity contribution is -0.137. The summed E-state index contributed by atoms with van der Waals surface area (Å²) in [4.78, 5) is 26.7. The number of hydrogen-bond donors (Lipinski definition) is 2. The number of rotatable bonds is 5. The second-order valence-electron chi connectivity index (χ2n) is 9.30. The van der Waals surface area contributed by atoms with Crippen LogP contribution in [0.1, 0.15) is 21.6 Å². The van der Waals surface area contributed by atoms with Crippen molar-refractivity contribution in [2.24, 2.45) is 0 Å². The zero-order valence-electron chi connectivity index (χ0n) is 21.0. The van der Waals surface area contributed by atoms with E-state index in [9.17, 15) is 18.0 Å². The van der Waals surface area contributed by atoms with Gasteiger partial charge in [0, 0.05) is 56.1 Å². The molecule has 0 bridgehead atoms. The van der Waals surface area contributed by atoms with E-state index in [1.807, 2.05) is 19.1 Å². The van der Waals surface area contributed by atoms with Crippen LogP contribution in [0, 0.1) is 6.92 Å². The minimum atomic E-state index is -4.53. The Morgan fingerprint density at radius 2 is 1.68 bits per heavy atom. The topological polar surface area (TPSA) is 82.6 Å². The minimum Gasteiger partial charge on any atom is -0.378 e. The zero-order valence-corrected chi connectivity index (χ0v) is 21.0. The Morgan fingerprint density at radius 3 is 2.37 bits per heavy atom. The molecule has 11 heteroatoms. The molecule has 0 atom stereocenters. The number of carbonyl (C=O) groups is 1. The normalized spacial score (nSPS) is 16.4. The summed E-state index contributed by atoms with van der Waals surface area (Å²) in [5.74, 6) is 1.07. The van der Waals surface area contributed by atoms with Gasteiger partial charge in [0.25, 0.3) is 5.91 Å². The van der Waals surface area contributed by atoms with Crippen LogP contribution in [0.15, 0.2) is 48.7 Å².